The van der Waals surface area contributed by atoms with E-state index in [0.717, 1.165) is 37.4 Å². The van der Waals surface area contributed by atoms with Gasteiger partial charge in [-0.25, -0.2) is 4.39 Å². The number of anilines is 1. The van der Waals surface area contributed by atoms with E-state index in [9.17, 15) is 14.3 Å². The van der Waals surface area contributed by atoms with Crippen LogP contribution < -0.4 is 10.5 Å². The summed E-state index contributed by atoms with van der Waals surface area (Å²) in [4.78, 5) is 17.9. The number of hydrogen-bond acceptors (Lipinski definition) is 4. The Hall–Kier alpha value is -3.12. The maximum Gasteiger partial charge on any atom is 0.259 e. The molecule has 1 aliphatic heterocycles. The highest BCUT2D eigenvalue weighted by Gasteiger charge is 2.31. The Morgan fingerprint density at radius 3 is 2.26 bits per heavy atom. The molecule has 0 radical (unpaired) electrons. The van der Waals surface area contributed by atoms with Crippen LogP contribution in [0.4, 0.5) is 10.1 Å². The van der Waals surface area contributed by atoms with Crippen molar-refractivity contribution in [3.05, 3.63) is 93.7 Å². The molecule has 1 N–H and O–H groups in total. The highest BCUT2D eigenvalue weighted by molar-refractivity contribution is 5.47. The minimum Gasteiger partial charge on any atom is -0.507 e. The molecule has 3 aromatic rings. The molecule has 162 valence electrons. The first-order valence-corrected chi connectivity index (χ1v) is 10.7. The summed E-state index contributed by atoms with van der Waals surface area (Å²) in [5.41, 5.74) is 2.85. The van der Waals surface area contributed by atoms with E-state index in [-0.39, 0.29) is 17.1 Å². The van der Waals surface area contributed by atoms with E-state index in [2.05, 4.69) is 21.9 Å². The Bertz CT molecular complexity index is 1090. The molecule has 31 heavy (non-hydrogen) atoms. The zero-order valence-corrected chi connectivity index (χ0v) is 18.0. The Kier molecular flexibility index (Phi) is 6.09. The molecule has 1 fully saturated rings. The fourth-order valence-corrected chi connectivity index (χ4v) is 4.50. The van der Waals surface area contributed by atoms with Gasteiger partial charge in [-0.3, -0.25) is 9.69 Å². The Labute approximate surface area is 182 Å². The summed E-state index contributed by atoms with van der Waals surface area (Å²) in [5.74, 6) is -0.331. The lowest BCUT2D eigenvalue weighted by atomic mass is 9.96. The molecule has 0 amide bonds. The number of pyridine rings is 1. The van der Waals surface area contributed by atoms with Crippen molar-refractivity contribution in [1.82, 2.24) is 9.47 Å². The van der Waals surface area contributed by atoms with Crippen molar-refractivity contribution < 1.29 is 9.50 Å². The van der Waals surface area contributed by atoms with Gasteiger partial charge in [0.2, 0.25) is 0 Å². The molecule has 4 rings (SSSR count). The normalized spacial score (nSPS) is 15.8. The van der Waals surface area contributed by atoms with Gasteiger partial charge in [-0.15, -0.1) is 0 Å². The number of nitrogens with zero attached hydrogens (tertiary/aromatic N) is 3. The van der Waals surface area contributed by atoms with Gasteiger partial charge in [0, 0.05) is 44.1 Å². The maximum atomic E-state index is 13.6. The Balaban J connectivity index is 1.72. The van der Waals surface area contributed by atoms with E-state index >= 15 is 0 Å². The molecule has 0 aliphatic carbocycles. The van der Waals surface area contributed by atoms with Gasteiger partial charge in [-0.2, -0.15) is 0 Å². The number of aromatic hydroxyl groups is 1. The van der Waals surface area contributed by atoms with Crippen LogP contribution in [0.5, 0.6) is 5.75 Å². The van der Waals surface area contributed by atoms with Crippen molar-refractivity contribution in [2.75, 3.05) is 31.1 Å². The third-order valence-corrected chi connectivity index (χ3v) is 6.10. The van der Waals surface area contributed by atoms with Crippen LogP contribution in [0.1, 0.15) is 29.8 Å². The number of aromatic nitrogens is 1. The molecule has 2 aromatic carbocycles. The summed E-state index contributed by atoms with van der Waals surface area (Å²) >= 11 is 0. The first-order chi connectivity index (χ1) is 15.0. The summed E-state index contributed by atoms with van der Waals surface area (Å²) in [5, 5.41) is 10.8. The molecule has 2 heterocycles. The molecule has 6 heteroatoms. The third-order valence-electron chi connectivity index (χ3n) is 6.10. The van der Waals surface area contributed by atoms with Gasteiger partial charge >= 0.3 is 0 Å². The molecule has 1 aliphatic rings. The van der Waals surface area contributed by atoms with E-state index in [4.69, 9.17) is 0 Å². The number of aryl methyl sites for hydroxylation is 1. The van der Waals surface area contributed by atoms with Crippen molar-refractivity contribution in [2.24, 2.45) is 0 Å². The van der Waals surface area contributed by atoms with Crippen LogP contribution in [0.25, 0.3) is 0 Å². The zero-order valence-electron chi connectivity index (χ0n) is 18.0. The second kappa shape index (κ2) is 8.94. The maximum absolute atomic E-state index is 13.6. The Morgan fingerprint density at radius 2 is 1.65 bits per heavy atom. The molecule has 0 spiro atoms. The van der Waals surface area contributed by atoms with E-state index < -0.39 is 6.04 Å². The lowest BCUT2D eigenvalue weighted by molar-refractivity contribution is 0.207. The standard InChI is InChI=1S/C25H28FN3O2/c1-3-29-18(2)17-22(30)23(25(29)31)24(19-9-11-20(26)12-10-19)28-15-13-27(14-16-28)21-7-5-4-6-8-21/h4-12,17,24,30H,3,13-16H2,1-2H3. The largest absolute Gasteiger partial charge is 0.507 e. The molecule has 1 unspecified atom stereocenters. The van der Waals surface area contributed by atoms with Crippen molar-refractivity contribution in [2.45, 2.75) is 26.4 Å². The van der Waals surface area contributed by atoms with Gasteiger partial charge in [0.25, 0.3) is 5.56 Å². The average molecular weight is 422 g/mol. The lowest BCUT2D eigenvalue weighted by Gasteiger charge is -2.40. The van der Waals surface area contributed by atoms with Crippen molar-refractivity contribution in [1.29, 1.82) is 0 Å². The zero-order chi connectivity index (χ0) is 22.0. The van der Waals surface area contributed by atoms with Gasteiger partial charge in [0.15, 0.2) is 0 Å². The topological polar surface area (TPSA) is 48.7 Å². The minimum atomic E-state index is -0.440. The van der Waals surface area contributed by atoms with Crippen LogP contribution in [0.2, 0.25) is 0 Å². The number of benzene rings is 2. The van der Waals surface area contributed by atoms with Gasteiger partial charge in [-0.05, 0) is 49.7 Å². The van der Waals surface area contributed by atoms with Gasteiger partial charge in [-0.1, -0.05) is 30.3 Å². The third kappa shape index (κ3) is 4.21. The molecule has 1 aromatic heterocycles. The molecule has 0 saturated carbocycles. The summed E-state index contributed by atoms with van der Waals surface area (Å²) in [6, 6.07) is 17.7. The number of hydrogen-bond donors (Lipinski definition) is 1. The van der Waals surface area contributed by atoms with Gasteiger partial charge in [0.05, 0.1) is 11.6 Å². The van der Waals surface area contributed by atoms with Crippen molar-refractivity contribution in [3.8, 4) is 5.75 Å². The molecular weight excluding hydrogens is 393 g/mol. The molecule has 1 atom stereocenters. The quantitative estimate of drug-likeness (QED) is 0.678. The van der Waals surface area contributed by atoms with Crippen LogP contribution in [-0.2, 0) is 6.54 Å². The molecular formula is C25H28FN3O2. The second-order valence-corrected chi connectivity index (χ2v) is 7.95. The number of rotatable bonds is 5. The summed E-state index contributed by atoms with van der Waals surface area (Å²) < 4.78 is 15.3. The predicted octanol–water partition coefficient (Wildman–Crippen LogP) is 3.93. The second-order valence-electron chi connectivity index (χ2n) is 7.95. The molecule has 0 bridgehead atoms. The van der Waals surface area contributed by atoms with Crippen molar-refractivity contribution in [3.63, 3.8) is 0 Å². The SMILES string of the molecule is CCn1c(C)cc(O)c(C(c2ccc(F)cc2)N2CCN(c3ccccc3)CC2)c1=O. The highest BCUT2D eigenvalue weighted by atomic mass is 19.1. The molecule has 5 nitrogen and oxygen atoms in total. The average Bonchev–Trinajstić information content (AvgIpc) is 2.78. The van der Waals surface area contributed by atoms with Crippen LogP contribution in [0.15, 0.2) is 65.5 Å². The monoisotopic (exact) mass is 421 g/mol. The minimum absolute atomic E-state index is 0.00739. The van der Waals surface area contributed by atoms with Crippen LogP contribution in [-0.4, -0.2) is 40.8 Å². The lowest BCUT2D eigenvalue weighted by Crippen LogP contribution is -2.49. The Morgan fingerprint density at radius 1 is 1.00 bits per heavy atom. The van der Waals surface area contributed by atoms with E-state index in [1.165, 1.54) is 17.8 Å². The van der Waals surface area contributed by atoms with E-state index in [1.807, 2.05) is 32.0 Å². The fraction of sp³-hybridized carbons (Fsp3) is 0.320. The van der Waals surface area contributed by atoms with Gasteiger partial charge < -0.3 is 14.6 Å². The number of para-hydroxylation sites is 1. The first kappa shape index (κ1) is 21.1. The summed E-state index contributed by atoms with van der Waals surface area (Å²) in [6.45, 7) is 7.30. The van der Waals surface area contributed by atoms with Gasteiger partial charge in [0.1, 0.15) is 11.6 Å². The van der Waals surface area contributed by atoms with E-state index in [1.54, 1.807) is 22.8 Å². The predicted molar refractivity (Wildman–Crippen MR) is 121 cm³/mol. The van der Waals surface area contributed by atoms with E-state index in [0.29, 0.717) is 12.1 Å². The summed E-state index contributed by atoms with van der Waals surface area (Å²) in [6.07, 6.45) is 0. The smallest absolute Gasteiger partial charge is 0.259 e. The number of halogens is 1. The van der Waals surface area contributed by atoms with Crippen LogP contribution >= 0.6 is 0 Å². The van der Waals surface area contributed by atoms with Crippen molar-refractivity contribution >= 4 is 5.69 Å². The fourth-order valence-electron chi connectivity index (χ4n) is 4.50. The van der Waals surface area contributed by atoms with Crippen LogP contribution in [0.3, 0.4) is 0 Å². The first-order valence-electron chi connectivity index (χ1n) is 10.7. The van der Waals surface area contributed by atoms with Crippen LogP contribution in [0, 0.1) is 12.7 Å². The highest BCUT2D eigenvalue weighted by Crippen LogP contribution is 2.33. The summed E-state index contributed by atoms with van der Waals surface area (Å²) in [7, 11) is 0. The molecule has 1 saturated heterocycles. The number of piperazine rings is 1.